The number of hydrogen-bond acceptors (Lipinski definition) is 7. The van der Waals surface area contributed by atoms with Crippen LogP contribution in [0.5, 0.6) is 5.75 Å². The summed E-state index contributed by atoms with van der Waals surface area (Å²) in [6.07, 6.45) is 6.26. The number of anilines is 1. The maximum Gasteiger partial charge on any atom is 0.413 e. The molecule has 13 heteroatoms. The van der Waals surface area contributed by atoms with Gasteiger partial charge in [-0.15, -0.1) is 0 Å². The Balaban J connectivity index is 1.66. The Morgan fingerprint density at radius 2 is 1.90 bits per heavy atom. The highest BCUT2D eigenvalue weighted by Gasteiger charge is 2.21. The average Bonchev–Trinajstić information content (AvgIpc) is 3.31. The van der Waals surface area contributed by atoms with Crippen LogP contribution < -0.4 is 10.1 Å². The molecule has 11 nitrogen and oxygen atoms in total. The number of carbonyl (C=O) groups is 2. The number of rotatable bonds is 12. The Morgan fingerprint density at radius 1 is 1.17 bits per heavy atom. The summed E-state index contributed by atoms with van der Waals surface area (Å²) in [6, 6.07) is 3.49. The number of amides is 2. The van der Waals surface area contributed by atoms with Gasteiger partial charge in [0.2, 0.25) is 5.91 Å². The summed E-state index contributed by atoms with van der Waals surface area (Å²) in [7, 11) is 3.66. The number of aliphatic imine (C=N–C) groups is 1. The van der Waals surface area contributed by atoms with Crippen molar-refractivity contribution in [1.82, 2.24) is 24.4 Å². The van der Waals surface area contributed by atoms with Gasteiger partial charge in [-0.05, 0) is 58.1 Å². The van der Waals surface area contributed by atoms with Crippen molar-refractivity contribution < 1.29 is 19.1 Å². The van der Waals surface area contributed by atoms with Gasteiger partial charge in [0.05, 0.1) is 35.9 Å². The van der Waals surface area contributed by atoms with Crippen LogP contribution in [0, 0.1) is 11.8 Å². The highest BCUT2D eigenvalue weighted by Crippen LogP contribution is 2.35. The summed E-state index contributed by atoms with van der Waals surface area (Å²) in [5, 5.41) is 3.40. The van der Waals surface area contributed by atoms with Gasteiger partial charge < -0.3 is 18.9 Å². The molecule has 2 heterocycles. The minimum Gasteiger partial charge on any atom is -0.493 e. The summed E-state index contributed by atoms with van der Waals surface area (Å²) in [5.41, 5.74) is 0.907. The first-order valence-corrected chi connectivity index (χ1v) is 14.5. The zero-order valence-electron chi connectivity index (χ0n) is 25.1. The first-order chi connectivity index (χ1) is 19.7. The third-order valence-corrected chi connectivity index (χ3v) is 7.04. The van der Waals surface area contributed by atoms with Crippen LogP contribution in [0.2, 0.25) is 10.0 Å². The van der Waals surface area contributed by atoms with E-state index in [2.05, 4.69) is 32.2 Å². The molecular weight excluding hydrogens is 581 g/mol. The van der Waals surface area contributed by atoms with Crippen LogP contribution in [-0.2, 0) is 16.1 Å². The minimum absolute atomic E-state index is 0.114. The predicted octanol–water partition coefficient (Wildman–Crippen LogP) is 6.47. The Morgan fingerprint density at radius 3 is 2.60 bits per heavy atom. The zero-order chi connectivity index (χ0) is 31.0. The molecule has 0 spiro atoms. The number of nitrogens with zero attached hydrogens (tertiary/aromatic N) is 6. The first kappa shape index (κ1) is 33.1. The van der Waals surface area contributed by atoms with Crippen molar-refractivity contribution >= 4 is 58.5 Å². The molecule has 0 bridgehead atoms. The van der Waals surface area contributed by atoms with Crippen molar-refractivity contribution in [2.45, 2.75) is 66.0 Å². The van der Waals surface area contributed by atoms with Gasteiger partial charge in [0.1, 0.15) is 17.7 Å². The fourth-order valence-corrected chi connectivity index (χ4v) is 4.64. The Bertz CT molecular complexity index is 1420. The predicted molar refractivity (Wildman–Crippen MR) is 166 cm³/mol. The number of carbonyl (C=O) groups excluding carboxylic acids is 2. The van der Waals surface area contributed by atoms with E-state index in [0.29, 0.717) is 45.0 Å². The van der Waals surface area contributed by atoms with Crippen LogP contribution in [0.15, 0.2) is 29.8 Å². The van der Waals surface area contributed by atoms with Gasteiger partial charge >= 0.3 is 6.09 Å². The molecule has 3 aromatic rings. The molecule has 228 valence electrons. The van der Waals surface area contributed by atoms with Crippen LogP contribution in [0.1, 0.15) is 59.4 Å². The molecule has 1 aromatic carbocycles. The minimum atomic E-state index is -0.661. The fraction of sp³-hybridized carbons (Fsp3) is 0.517. The molecular formula is C29H39Cl2N7O4. The van der Waals surface area contributed by atoms with E-state index in [9.17, 15) is 9.59 Å². The van der Waals surface area contributed by atoms with Crippen molar-refractivity contribution in [3.63, 3.8) is 0 Å². The van der Waals surface area contributed by atoms with E-state index in [1.54, 1.807) is 48.7 Å². The van der Waals surface area contributed by atoms with E-state index in [1.165, 1.54) is 12.7 Å². The van der Waals surface area contributed by atoms with Gasteiger partial charge in [-0.25, -0.2) is 24.7 Å². The lowest BCUT2D eigenvalue weighted by molar-refractivity contribution is -0.121. The van der Waals surface area contributed by atoms with Crippen LogP contribution in [0.25, 0.3) is 11.2 Å². The summed E-state index contributed by atoms with van der Waals surface area (Å²) < 4.78 is 13.3. The normalized spacial score (nSPS) is 13.3. The number of imidazole rings is 1. The van der Waals surface area contributed by atoms with E-state index < -0.39 is 11.7 Å². The molecule has 2 amide bonds. The Hall–Kier alpha value is -3.44. The maximum absolute atomic E-state index is 12.3. The monoisotopic (exact) mass is 619 g/mol. The molecule has 2 aromatic heterocycles. The SMILES string of the molecule is CC(CCCOc1ccc(Cl)c(Cl)c1Cn1cnc2c(NC(=O)OC(C)(C)C)ncnc21)CC(C)C(=O)/N=C/N(C)C. The van der Waals surface area contributed by atoms with Crippen LogP contribution in [0.3, 0.4) is 0 Å². The van der Waals surface area contributed by atoms with E-state index in [4.69, 9.17) is 32.7 Å². The van der Waals surface area contributed by atoms with E-state index in [1.807, 2.05) is 21.0 Å². The lowest BCUT2D eigenvalue weighted by Crippen LogP contribution is -2.27. The molecule has 2 unspecified atom stereocenters. The van der Waals surface area contributed by atoms with Crippen molar-refractivity contribution in [3.05, 3.63) is 40.4 Å². The number of aromatic nitrogens is 4. The van der Waals surface area contributed by atoms with Crippen molar-refractivity contribution in [3.8, 4) is 5.75 Å². The Labute approximate surface area is 256 Å². The molecule has 0 fully saturated rings. The van der Waals surface area contributed by atoms with Crippen LogP contribution >= 0.6 is 23.2 Å². The van der Waals surface area contributed by atoms with Gasteiger partial charge in [-0.3, -0.25) is 10.1 Å². The molecule has 0 aliphatic carbocycles. The van der Waals surface area contributed by atoms with Crippen molar-refractivity contribution in [1.29, 1.82) is 0 Å². The smallest absolute Gasteiger partial charge is 0.413 e. The highest BCUT2D eigenvalue weighted by molar-refractivity contribution is 6.42. The molecule has 0 aliphatic heterocycles. The third kappa shape index (κ3) is 9.55. The number of fused-ring (bicyclic) bond motifs is 1. The van der Waals surface area contributed by atoms with Gasteiger partial charge in [-0.2, -0.15) is 0 Å². The summed E-state index contributed by atoms with van der Waals surface area (Å²) >= 11 is 13.0. The number of halogens is 2. The topological polar surface area (TPSA) is 124 Å². The second-order valence-corrected chi connectivity index (χ2v) is 12.3. The van der Waals surface area contributed by atoms with Crippen molar-refractivity contribution in [2.24, 2.45) is 16.8 Å². The number of nitrogens with one attached hydrogen (secondary N) is 1. The fourth-order valence-electron chi connectivity index (χ4n) is 4.25. The molecule has 3 rings (SSSR count). The largest absolute Gasteiger partial charge is 0.493 e. The second-order valence-electron chi connectivity index (χ2n) is 11.5. The lowest BCUT2D eigenvalue weighted by atomic mass is 9.93. The molecule has 2 atom stereocenters. The summed E-state index contributed by atoms with van der Waals surface area (Å²) in [4.78, 5) is 43.2. The van der Waals surface area contributed by atoms with E-state index in [0.717, 1.165) is 19.3 Å². The molecule has 0 radical (unpaired) electrons. The number of benzene rings is 1. The quantitative estimate of drug-likeness (QED) is 0.139. The lowest BCUT2D eigenvalue weighted by Gasteiger charge is -2.19. The van der Waals surface area contributed by atoms with E-state index in [-0.39, 0.29) is 24.2 Å². The highest BCUT2D eigenvalue weighted by atomic mass is 35.5. The van der Waals surface area contributed by atoms with Gasteiger partial charge in [0, 0.05) is 25.6 Å². The van der Waals surface area contributed by atoms with E-state index >= 15 is 0 Å². The first-order valence-electron chi connectivity index (χ1n) is 13.7. The summed E-state index contributed by atoms with van der Waals surface area (Å²) in [6.45, 7) is 10.1. The molecule has 42 heavy (non-hydrogen) atoms. The maximum atomic E-state index is 12.3. The molecule has 0 aliphatic rings. The summed E-state index contributed by atoms with van der Waals surface area (Å²) in [5.74, 6) is 0.901. The van der Waals surface area contributed by atoms with Crippen LogP contribution in [-0.4, -0.2) is 69.1 Å². The Kier molecular flexibility index (Phi) is 11.5. The number of hydrogen-bond donors (Lipinski definition) is 1. The van der Waals surface area contributed by atoms with Gasteiger partial charge in [0.15, 0.2) is 17.0 Å². The standard InChI is InChI=1S/C29H39Cl2N7O4/c1-18(13-19(2)27(39)35-16-37(6)7)9-8-12-41-22-11-10-21(30)23(31)20(22)14-38-17-34-24-25(32-15-33-26(24)38)36-28(40)42-29(3,4)5/h10-11,15-19H,8-9,12-14H2,1-7H3,(H,32,33,36,40)/b35-16+. The number of ether oxygens (including phenoxy) is 2. The van der Waals surface area contributed by atoms with Crippen LogP contribution in [0.4, 0.5) is 10.6 Å². The zero-order valence-corrected chi connectivity index (χ0v) is 26.7. The second kappa shape index (κ2) is 14.6. The van der Waals surface area contributed by atoms with Crippen molar-refractivity contribution in [2.75, 3.05) is 26.0 Å². The average molecular weight is 621 g/mol. The third-order valence-electron chi connectivity index (χ3n) is 6.19. The van der Waals surface area contributed by atoms with Gasteiger partial charge in [0.25, 0.3) is 0 Å². The molecule has 1 N–H and O–H groups in total. The molecule has 0 saturated carbocycles. The van der Waals surface area contributed by atoms with Gasteiger partial charge in [-0.1, -0.05) is 37.0 Å². The molecule has 0 saturated heterocycles.